The van der Waals surface area contributed by atoms with Crippen LogP contribution in [0.4, 0.5) is 0 Å². The molecule has 0 spiro atoms. The van der Waals surface area contributed by atoms with Crippen LogP contribution in [0, 0.1) is 0 Å². The van der Waals surface area contributed by atoms with Crippen molar-refractivity contribution in [2.24, 2.45) is 0 Å². The Morgan fingerprint density at radius 3 is 1.92 bits per heavy atom. The number of ether oxygens (including phenoxy) is 1. The molecule has 0 radical (unpaired) electrons. The minimum absolute atomic E-state index is 0. The Morgan fingerprint density at radius 2 is 1.67 bits per heavy atom. The predicted molar refractivity (Wildman–Crippen MR) is 35.9 cm³/mol. The number of rotatable bonds is 5. The summed E-state index contributed by atoms with van der Waals surface area (Å²) in [5, 5.41) is 0. The third kappa shape index (κ3) is 2.85. The van der Waals surface area contributed by atoms with Crippen molar-refractivity contribution in [3.8, 4) is 0 Å². The van der Waals surface area contributed by atoms with E-state index in [1.54, 1.807) is 0 Å². The Bertz CT molecular complexity index is 118. The van der Waals surface area contributed by atoms with E-state index in [0.717, 1.165) is 6.61 Å². The molecule has 0 aromatic rings. The van der Waals surface area contributed by atoms with Gasteiger partial charge in [-0.1, -0.05) is 0 Å². The van der Waals surface area contributed by atoms with Gasteiger partial charge in [-0.05, 0) is 0 Å². The molecule has 0 saturated carbocycles. The number of hydrogen-bond acceptors (Lipinski definition) is 4. The van der Waals surface area contributed by atoms with Crippen LogP contribution in [-0.4, -0.2) is 45.6 Å². The molecule has 0 aliphatic carbocycles. The molecule has 0 amide bonds. The van der Waals surface area contributed by atoms with Crippen LogP contribution in [0.5, 0.6) is 0 Å². The SMILES string of the molecule is CO[N+](CC1CO1)(OC)OC.[Cl-]. The van der Waals surface area contributed by atoms with Crippen molar-refractivity contribution >= 4 is 0 Å². The molecule has 74 valence electrons. The van der Waals surface area contributed by atoms with Gasteiger partial charge in [0, 0.05) is 0 Å². The summed E-state index contributed by atoms with van der Waals surface area (Å²) in [5.41, 5.74) is 0. The monoisotopic (exact) mass is 199 g/mol. The number of epoxide rings is 1. The zero-order valence-corrected chi connectivity index (χ0v) is 8.21. The van der Waals surface area contributed by atoms with Gasteiger partial charge < -0.3 is 17.1 Å². The first-order valence-corrected chi connectivity index (χ1v) is 3.43. The van der Waals surface area contributed by atoms with Crippen molar-refractivity contribution in [1.82, 2.24) is 0 Å². The molecule has 1 aliphatic heterocycles. The standard InChI is InChI=1S/C6H14NO4.ClH/c1-8-7(9-2,10-3)4-6-5-11-6;/h6H,4-5H2,1-3H3;1H/q+1;/p-1. The van der Waals surface area contributed by atoms with Gasteiger partial charge in [-0.25, -0.2) is 0 Å². The lowest BCUT2D eigenvalue weighted by Gasteiger charge is -2.23. The van der Waals surface area contributed by atoms with Crippen molar-refractivity contribution in [2.75, 3.05) is 34.5 Å². The fourth-order valence-electron chi connectivity index (χ4n) is 0.870. The average Bonchev–Trinajstić information content (AvgIpc) is 2.84. The van der Waals surface area contributed by atoms with Crippen LogP contribution in [0.25, 0.3) is 0 Å². The fourth-order valence-corrected chi connectivity index (χ4v) is 0.870. The van der Waals surface area contributed by atoms with E-state index >= 15 is 0 Å². The second-order valence-electron chi connectivity index (χ2n) is 2.30. The summed E-state index contributed by atoms with van der Waals surface area (Å²) in [4.78, 5) is 14.7. The summed E-state index contributed by atoms with van der Waals surface area (Å²) < 4.78 is 5.01. The maximum Gasteiger partial charge on any atom is 0.206 e. The van der Waals surface area contributed by atoms with E-state index in [1.807, 2.05) is 0 Å². The van der Waals surface area contributed by atoms with Gasteiger partial charge in [-0.15, -0.1) is 14.5 Å². The molecule has 5 nitrogen and oxygen atoms in total. The molecular formula is C6H14ClNO4. The van der Waals surface area contributed by atoms with E-state index < -0.39 is 0 Å². The van der Waals surface area contributed by atoms with Gasteiger partial charge in [0.25, 0.3) is 0 Å². The summed E-state index contributed by atoms with van der Waals surface area (Å²) in [7, 11) is 4.57. The maximum absolute atomic E-state index is 5.01. The average molecular weight is 200 g/mol. The summed E-state index contributed by atoms with van der Waals surface area (Å²) in [5.74, 6) is 0. The van der Waals surface area contributed by atoms with Gasteiger partial charge in [-0.2, -0.15) is 0 Å². The van der Waals surface area contributed by atoms with Crippen LogP contribution in [-0.2, 0) is 19.2 Å². The lowest BCUT2D eigenvalue weighted by molar-refractivity contribution is -1.36. The smallest absolute Gasteiger partial charge is 0.206 e. The minimum atomic E-state index is -0.273. The van der Waals surface area contributed by atoms with Crippen molar-refractivity contribution in [3.05, 3.63) is 0 Å². The second kappa shape index (κ2) is 4.96. The van der Waals surface area contributed by atoms with Crippen molar-refractivity contribution in [1.29, 1.82) is 0 Å². The van der Waals surface area contributed by atoms with Crippen LogP contribution in [0.3, 0.4) is 0 Å². The summed E-state index contributed by atoms with van der Waals surface area (Å²) in [6.07, 6.45) is 0.204. The summed E-state index contributed by atoms with van der Waals surface area (Å²) >= 11 is 0. The highest BCUT2D eigenvalue weighted by atomic mass is 35.5. The number of quaternary nitrogens is 1. The van der Waals surface area contributed by atoms with Crippen LogP contribution in [0.15, 0.2) is 0 Å². The normalized spacial score (nSPS) is 21.8. The number of hydrogen-bond donors (Lipinski definition) is 0. The second-order valence-corrected chi connectivity index (χ2v) is 2.30. The van der Waals surface area contributed by atoms with E-state index in [-0.39, 0.29) is 23.5 Å². The highest BCUT2D eigenvalue weighted by molar-refractivity contribution is 4.65. The number of halogens is 1. The lowest BCUT2D eigenvalue weighted by Crippen LogP contribution is -3.00. The van der Waals surface area contributed by atoms with E-state index in [4.69, 9.17) is 19.2 Å². The molecule has 0 aromatic heterocycles. The van der Waals surface area contributed by atoms with Gasteiger partial charge in [0.15, 0.2) is 0 Å². The molecule has 1 aliphatic rings. The lowest BCUT2D eigenvalue weighted by atomic mass is 10.5. The molecule has 1 rings (SSSR count). The van der Waals surface area contributed by atoms with Crippen molar-refractivity contribution < 1.29 is 36.6 Å². The zero-order chi connectivity index (χ0) is 8.32. The molecule has 1 atom stereocenters. The first-order valence-electron chi connectivity index (χ1n) is 3.43. The van der Waals surface area contributed by atoms with Gasteiger partial charge in [0.05, 0.1) is 11.6 Å². The third-order valence-electron chi connectivity index (χ3n) is 1.66. The summed E-state index contributed by atoms with van der Waals surface area (Å²) in [6, 6.07) is 0. The van der Waals surface area contributed by atoms with Gasteiger partial charge in [0.2, 0.25) is 6.54 Å². The number of hydroxylamine groups is 3. The van der Waals surface area contributed by atoms with Crippen LogP contribution < -0.4 is 12.4 Å². The maximum atomic E-state index is 5.01. The van der Waals surface area contributed by atoms with Gasteiger partial charge in [0.1, 0.15) is 27.4 Å². The van der Waals surface area contributed by atoms with E-state index in [1.165, 1.54) is 21.3 Å². The van der Waals surface area contributed by atoms with Gasteiger partial charge in [-0.3, -0.25) is 0 Å². The van der Waals surface area contributed by atoms with E-state index in [2.05, 4.69) is 0 Å². The zero-order valence-electron chi connectivity index (χ0n) is 7.45. The Morgan fingerprint density at radius 1 is 1.25 bits per heavy atom. The van der Waals surface area contributed by atoms with Crippen molar-refractivity contribution in [2.45, 2.75) is 6.10 Å². The quantitative estimate of drug-likeness (QED) is 0.267. The highest BCUT2D eigenvalue weighted by Crippen LogP contribution is 2.17. The van der Waals surface area contributed by atoms with E-state index in [9.17, 15) is 0 Å². The molecule has 6 heteroatoms. The largest absolute Gasteiger partial charge is 1.00 e. The molecule has 1 fully saturated rings. The first kappa shape index (κ1) is 12.1. The Balaban J connectivity index is 0.00000121. The first-order chi connectivity index (χ1) is 5.26. The third-order valence-corrected chi connectivity index (χ3v) is 1.66. The Hall–Kier alpha value is 0.0900. The Labute approximate surface area is 78.0 Å². The van der Waals surface area contributed by atoms with Crippen LogP contribution >= 0.6 is 0 Å². The molecule has 1 saturated heterocycles. The van der Waals surface area contributed by atoms with Crippen LogP contribution in [0.2, 0.25) is 0 Å². The van der Waals surface area contributed by atoms with E-state index in [0.29, 0.717) is 6.54 Å². The molecule has 0 aromatic carbocycles. The molecule has 12 heavy (non-hydrogen) atoms. The van der Waals surface area contributed by atoms with Crippen LogP contribution in [0.1, 0.15) is 0 Å². The topological polar surface area (TPSA) is 40.2 Å². The summed E-state index contributed by atoms with van der Waals surface area (Å²) in [6.45, 7) is 1.32. The van der Waals surface area contributed by atoms with Crippen molar-refractivity contribution in [3.63, 3.8) is 0 Å². The fraction of sp³-hybridized carbons (Fsp3) is 1.00. The highest BCUT2D eigenvalue weighted by Gasteiger charge is 2.41. The molecular weight excluding hydrogens is 186 g/mol. The minimum Gasteiger partial charge on any atom is -1.00 e. The Kier molecular flexibility index (Phi) is 5.00. The van der Waals surface area contributed by atoms with Gasteiger partial charge >= 0.3 is 0 Å². The molecule has 0 bridgehead atoms. The molecule has 0 N–H and O–H groups in total. The molecule has 1 heterocycles. The number of nitrogens with zero attached hydrogens (tertiary/aromatic N) is 1. The molecule has 1 unspecified atom stereocenters. The predicted octanol–water partition coefficient (Wildman–Crippen LogP) is -3.11.